The Kier molecular flexibility index (Phi) is 9.51. The van der Waals surface area contributed by atoms with Gasteiger partial charge in [0.1, 0.15) is 10.0 Å². The Bertz CT molecular complexity index is 1150. The van der Waals surface area contributed by atoms with Gasteiger partial charge in [0, 0.05) is 36.6 Å². The molecule has 0 atom stereocenters. The Morgan fingerprint density at radius 3 is 1.53 bits per heavy atom. The second-order valence-electron chi connectivity index (χ2n) is 8.01. The highest BCUT2D eigenvalue weighted by atomic mass is 32.1. The molecule has 0 aliphatic carbocycles. The molecule has 0 saturated carbocycles. The van der Waals surface area contributed by atoms with Crippen LogP contribution in [0, 0.1) is 0 Å². The van der Waals surface area contributed by atoms with Crippen LogP contribution in [0.5, 0.6) is 0 Å². The van der Waals surface area contributed by atoms with Gasteiger partial charge in [-0.25, -0.2) is 0 Å². The third-order valence-electron chi connectivity index (χ3n) is 5.09. The predicted molar refractivity (Wildman–Crippen MR) is 139 cm³/mol. The van der Waals surface area contributed by atoms with E-state index in [0.29, 0.717) is 10.3 Å². The molecule has 0 spiro atoms. The van der Waals surface area contributed by atoms with E-state index in [0.717, 1.165) is 59.9 Å². The Hall–Kier alpha value is -3.64. The Balaban J connectivity index is 1.08. The highest BCUT2D eigenvalue weighted by molar-refractivity contribution is 7.15. The summed E-state index contributed by atoms with van der Waals surface area (Å²) in [6, 6.07) is 11.0. The van der Waals surface area contributed by atoms with Crippen LogP contribution in [-0.2, 0) is 35.3 Å². The molecule has 186 valence electrons. The third-order valence-corrected chi connectivity index (χ3v) is 6.89. The summed E-state index contributed by atoms with van der Waals surface area (Å²) in [6.45, 7) is 0. The maximum Gasteiger partial charge on any atom is 0.232 e. The maximum absolute atomic E-state index is 12.1. The summed E-state index contributed by atoms with van der Waals surface area (Å²) in [5, 5.41) is 24.9. The van der Waals surface area contributed by atoms with Crippen molar-refractivity contribution in [3.8, 4) is 0 Å². The number of nitrogens with zero attached hydrogens (tertiary/aromatic N) is 6. The van der Waals surface area contributed by atoms with Crippen molar-refractivity contribution in [2.45, 2.75) is 51.4 Å². The number of hydrogen-bond donors (Lipinski definition) is 2. The lowest BCUT2D eigenvalue weighted by atomic mass is 10.1. The van der Waals surface area contributed by atoms with E-state index < -0.39 is 0 Å². The molecule has 36 heavy (non-hydrogen) atoms. The van der Waals surface area contributed by atoms with Crippen LogP contribution < -0.4 is 10.6 Å². The molecule has 2 amide bonds. The minimum atomic E-state index is -0.149. The molecule has 0 aliphatic heterocycles. The molecule has 4 aromatic rings. The third kappa shape index (κ3) is 8.54. The van der Waals surface area contributed by atoms with E-state index in [-0.39, 0.29) is 24.7 Å². The van der Waals surface area contributed by atoms with Crippen LogP contribution in [0.1, 0.15) is 47.1 Å². The summed E-state index contributed by atoms with van der Waals surface area (Å²) in [5.41, 5.74) is 1.43. The number of carbonyl (C=O) groups excluding carboxylic acids is 2. The minimum absolute atomic E-state index is 0.149. The quantitative estimate of drug-likeness (QED) is 0.253. The second-order valence-corrected chi connectivity index (χ2v) is 10.1. The summed E-state index contributed by atoms with van der Waals surface area (Å²) in [6.07, 6.45) is 9.56. The van der Waals surface area contributed by atoms with E-state index in [2.05, 4.69) is 41.0 Å². The molecule has 2 N–H and O–H groups in total. The molecule has 10 nitrogen and oxygen atoms in total. The smallest absolute Gasteiger partial charge is 0.232 e. The van der Waals surface area contributed by atoms with Crippen LogP contribution in [0.3, 0.4) is 0 Å². The van der Waals surface area contributed by atoms with E-state index in [4.69, 9.17) is 0 Å². The molecular weight excluding hydrogens is 496 g/mol. The second kappa shape index (κ2) is 13.4. The number of aromatic nitrogens is 6. The molecule has 0 aromatic carbocycles. The molecule has 0 unspecified atom stereocenters. The number of aryl methyl sites for hydroxylation is 2. The fourth-order valence-corrected chi connectivity index (χ4v) is 4.97. The van der Waals surface area contributed by atoms with Gasteiger partial charge >= 0.3 is 0 Å². The fourth-order valence-electron chi connectivity index (χ4n) is 3.38. The topological polar surface area (TPSA) is 136 Å². The van der Waals surface area contributed by atoms with Crippen molar-refractivity contribution < 1.29 is 9.59 Å². The zero-order valence-electron chi connectivity index (χ0n) is 19.6. The number of amides is 2. The standard InChI is InChI=1S/C24H26N8O2S2/c33-19(15-17-9-5-7-13-25-17)27-23-31-29-21(35-23)11-3-1-2-4-12-22-30-32-24(36-22)28-20(34)16-18-10-6-8-14-26-18/h5-10,13-14H,1-4,11-12,15-16H2,(H,27,31,33)(H,28,32,34). The lowest BCUT2D eigenvalue weighted by Crippen LogP contribution is -2.14. The summed E-state index contributed by atoms with van der Waals surface area (Å²) < 4.78 is 0. The first-order chi connectivity index (χ1) is 17.6. The van der Waals surface area contributed by atoms with Gasteiger partial charge < -0.3 is 10.6 Å². The zero-order chi connectivity index (χ0) is 25.0. The summed E-state index contributed by atoms with van der Waals surface area (Å²) in [4.78, 5) is 32.6. The van der Waals surface area contributed by atoms with E-state index in [9.17, 15) is 9.59 Å². The molecular formula is C24H26N8O2S2. The highest BCUT2D eigenvalue weighted by Crippen LogP contribution is 2.20. The van der Waals surface area contributed by atoms with Crippen LogP contribution in [0.4, 0.5) is 10.3 Å². The van der Waals surface area contributed by atoms with Gasteiger partial charge in [-0.3, -0.25) is 19.6 Å². The molecule has 4 aromatic heterocycles. The number of unbranched alkanes of at least 4 members (excludes halogenated alkanes) is 3. The van der Waals surface area contributed by atoms with Gasteiger partial charge in [-0.05, 0) is 37.1 Å². The monoisotopic (exact) mass is 522 g/mol. The van der Waals surface area contributed by atoms with Crippen molar-refractivity contribution in [3.05, 3.63) is 70.2 Å². The van der Waals surface area contributed by atoms with Crippen molar-refractivity contribution in [3.63, 3.8) is 0 Å². The lowest BCUT2D eigenvalue weighted by Gasteiger charge is -2.00. The Labute approximate surface area is 216 Å². The van der Waals surface area contributed by atoms with E-state index in [1.165, 1.54) is 22.7 Å². The van der Waals surface area contributed by atoms with Crippen LogP contribution in [0.25, 0.3) is 0 Å². The largest absolute Gasteiger partial charge is 0.300 e. The first kappa shape index (κ1) is 25.5. The van der Waals surface area contributed by atoms with E-state index in [1.807, 2.05) is 36.4 Å². The van der Waals surface area contributed by atoms with Crippen molar-refractivity contribution in [1.29, 1.82) is 0 Å². The van der Waals surface area contributed by atoms with Crippen LogP contribution in [0.15, 0.2) is 48.8 Å². The van der Waals surface area contributed by atoms with Crippen molar-refractivity contribution in [2.24, 2.45) is 0 Å². The molecule has 4 rings (SSSR count). The SMILES string of the molecule is O=C(Cc1ccccn1)Nc1nnc(CCCCCCc2nnc(NC(=O)Cc3ccccn3)s2)s1. The number of nitrogens with one attached hydrogen (secondary N) is 2. The number of rotatable bonds is 13. The molecule has 0 bridgehead atoms. The molecule has 0 aliphatic rings. The first-order valence-electron chi connectivity index (χ1n) is 11.7. The molecule has 0 fully saturated rings. The summed E-state index contributed by atoms with van der Waals surface area (Å²) >= 11 is 2.82. The van der Waals surface area contributed by atoms with Gasteiger partial charge in [-0.1, -0.05) is 47.6 Å². The van der Waals surface area contributed by atoms with Crippen LogP contribution in [0.2, 0.25) is 0 Å². The number of carbonyl (C=O) groups is 2. The van der Waals surface area contributed by atoms with Crippen LogP contribution in [-0.4, -0.2) is 42.2 Å². The highest BCUT2D eigenvalue weighted by Gasteiger charge is 2.11. The molecule has 4 heterocycles. The van der Waals surface area contributed by atoms with Gasteiger partial charge in [-0.15, -0.1) is 20.4 Å². The van der Waals surface area contributed by atoms with Crippen molar-refractivity contribution in [1.82, 2.24) is 30.4 Å². The van der Waals surface area contributed by atoms with Crippen LogP contribution >= 0.6 is 22.7 Å². The van der Waals surface area contributed by atoms with E-state index >= 15 is 0 Å². The number of pyridine rings is 2. The van der Waals surface area contributed by atoms with Gasteiger partial charge in [0.2, 0.25) is 22.1 Å². The first-order valence-corrected chi connectivity index (χ1v) is 13.3. The fraction of sp³-hybridized carbons (Fsp3) is 0.333. The van der Waals surface area contributed by atoms with Gasteiger partial charge in [0.15, 0.2) is 0 Å². The maximum atomic E-state index is 12.1. The zero-order valence-corrected chi connectivity index (χ0v) is 21.2. The normalized spacial score (nSPS) is 10.8. The van der Waals surface area contributed by atoms with E-state index in [1.54, 1.807) is 12.4 Å². The number of hydrogen-bond acceptors (Lipinski definition) is 10. The molecule has 12 heteroatoms. The van der Waals surface area contributed by atoms with Crippen molar-refractivity contribution in [2.75, 3.05) is 10.6 Å². The van der Waals surface area contributed by atoms with Crippen molar-refractivity contribution >= 4 is 44.8 Å². The predicted octanol–water partition coefficient (Wildman–Crippen LogP) is 3.89. The average molecular weight is 523 g/mol. The summed E-state index contributed by atoms with van der Waals surface area (Å²) in [5.74, 6) is -0.298. The molecule has 0 saturated heterocycles. The Morgan fingerprint density at radius 1 is 0.639 bits per heavy atom. The average Bonchev–Trinajstić information content (AvgIpc) is 3.51. The molecule has 0 radical (unpaired) electrons. The lowest BCUT2D eigenvalue weighted by molar-refractivity contribution is -0.116. The van der Waals surface area contributed by atoms with Gasteiger partial charge in [0.25, 0.3) is 0 Å². The minimum Gasteiger partial charge on any atom is -0.300 e. The van der Waals surface area contributed by atoms with Gasteiger partial charge in [0.05, 0.1) is 12.8 Å². The summed E-state index contributed by atoms with van der Waals surface area (Å²) in [7, 11) is 0. The van der Waals surface area contributed by atoms with Gasteiger partial charge in [-0.2, -0.15) is 0 Å². The number of anilines is 2. The Morgan fingerprint density at radius 2 is 1.11 bits per heavy atom.